The largest absolute Gasteiger partial charge is 0.350 e. The van der Waals surface area contributed by atoms with Crippen molar-refractivity contribution in [3.05, 3.63) is 22.4 Å². The number of amides is 1. The van der Waals surface area contributed by atoms with E-state index in [4.69, 9.17) is 0 Å². The molecular formula is C15H24BrN3O. The van der Waals surface area contributed by atoms with Crippen molar-refractivity contribution in [2.24, 2.45) is 5.41 Å². The average Bonchev–Trinajstić information content (AvgIpc) is 2.79. The third-order valence-electron chi connectivity index (χ3n) is 4.09. The quantitative estimate of drug-likeness (QED) is 0.884. The summed E-state index contributed by atoms with van der Waals surface area (Å²) in [7, 11) is 0. The summed E-state index contributed by atoms with van der Waals surface area (Å²) in [5, 5.41) is 6.47. The number of piperidine rings is 1. The van der Waals surface area contributed by atoms with Crippen LogP contribution in [0.2, 0.25) is 0 Å². The molecule has 0 bridgehead atoms. The maximum Gasteiger partial charge on any atom is 0.267 e. The standard InChI is InChI=1S/C15H24BrN3O/c1-11(2)19-9-12(16)8-13(19)14(20)18-10-15(3)4-6-17-7-5-15/h8-9,11,17H,4-7,10H2,1-3H3,(H,18,20). The molecule has 1 fully saturated rings. The van der Waals surface area contributed by atoms with E-state index in [1.54, 1.807) is 0 Å². The summed E-state index contributed by atoms with van der Waals surface area (Å²) in [5.74, 6) is 0.0177. The topological polar surface area (TPSA) is 46.1 Å². The molecule has 2 heterocycles. The van der Waals surface area contributed by atoms with Crippen molar-refractivity contribution in [1.29, 1.82) is 0 Å². The van der Waals surface area contributed by atoms with E-state index in [1.807, 2.05) is 16.8 Å². The third kappa shape index (κ3) is 3.64. The van der Waals surface area contributed by atoms with Crippen molar-refractivity contribution in [3.8, 4) is 0 Å². The molecule has 0 unspecified atom stereocenters. The highest BCUT2D eigenvalue weighted by molar-refractivity contribution is 9.10. The van der Waals surface area contributed by atoms with Gasteiger partial charge in [0.25, 0.3) is 5.91 Å². The molecule has 1 amide bonds. The van der Waals surface area contributed by atoms with Crippen LogP contribution in [-0.4, -0.2) is 30.1 Å². The minimum Gasteiger partial charge on any atom is -0.350 e. The SMILES string of the molecule is CC(C)n1cc(Br)cc1C(=O)NCC1(C)CCNCC1. The fourth-order valence-electron chi connectivity index (χ4n) is 2.65. The van der Waals surface area contributed by atoms with Gasteiger partial charge in [0, 0.05) is 23.3 Å². The highest BCUT2D eigenvalue weighted by Crippen LogP contribution is 2.27. The second-order valence-corrected chi connectivity index (χ2v) is 7.20. The molecule has 0 spiro atoms. The van der Waals surface area contributed by atoms with Crippen molar-refractivity contribution in [2.45, 2.75) is 39.7 Å². The van der Waals surface area contributed by atoms with E-state index in [-0.39, 0.29) is 17.4 Å². The molecule has 1 saturated heterocycles. The van der Waals surface area contributed by atoms with Crippen LogP contribution in [0.5, 0.6) is 0 Å². The van der Waals surface area contributed by atoms with Gasteiger partial charge >= 0.3 is 0 Å². The van der Waals surface area contributed by atoms with Crippen LogP contribution in [0.15, 0.2) is 16.7 Å². The molecule has 5 heteroatoms. The fraction of sp³-hybridized carbons (Fsp3) is 0.667. The van der Waals surface area contributed by atoms with Gasteiger partial charge in [-0.25, -0.2) is 0 Å². The summed E-state index contributed by atoms with van der Waals surface area (Å²) in [6.45, 7) is 9.25. The van der Waals surface area contributed by atoms with Crippen LogP contribution in [0, 0.1) is 5.41 Å². The van der Waals surface area contributed by atoms with Crippen molar-refractivity contribution in [2.75, 3.05) is 19.6 Å². The first kappa shape index (κ1) is 15.6. The highest BCUT2D eigenvalue weighted by Gasteiger charge is 2.27. The van der Waals surface area contributed by atoms with E-state index in [2.05, 4.69) is 47.3 Å². The highest BCUT2D eigenvalue weighted by atomic mass is 79.9. The lowest BCUT2D eigenvalue weighted by Crippen LogP contribution is -2.43. The fourth-order valence-corrected chi connectivity index (χ4v) is 3.08. The van der Waals surface area contributed by atoms with Crippen LogP contribution in [-0.2, 0) is 0 Å². The van der Waals surface area contributed by atoms with Gasteiger partial charge in [0.1, 0.15) is 5.69 Å². The first-order chi connectivity index (χ1) is 9.41. The van der Waals surface area contributed by atoms with E-state index >= 15 is 0 Å². The Labute approximate surface area is 129 Å². The zero-order valence-corrected chi connectivity index (χ0v) is 14.1. The van der Waals surface area contributed by atoms with Gasteiger partial charge in [0.15, 0.2) is 0 Å². The number of hydrogen-bond donors (Lipinski definition) is 2. The van der Waals surface area contributed by atoms with Crippen LogP contribution in [0.3, 0.4) is 0 Å². The van der Waals surface area contributed by atoms with Crippen molar-refractivity contribution in [3.63, 3.8) is 0 Å². The second-order valence-electron chi connectivity index (χ2n) is 6.29. The number of carbonyl (C=O) groups is 1. The molecule has 0 atom stereocenters. The third-order valence-corrected chi connectivity index (χ3v) is 4.52. The molecule has 0 radical (unpaired) electrons. The van der Waals surface area contributed by atoms with Crippen LogP contribution < -0.4 is 10.6 Å². The molecule has 112 valence electrons. The zero-order chi connectivity index (χ0) is 14.8. The Morgan fingerprint density at radius 2 is 2.15 bits per heavy atom. The number of nitrogens with one attached hydrogen (secondary N) is 2. The van der Waals surface area contributed by atoms with Gasteiger partial charge in [0.2, 0.25) is 0 Å². The summed E-state index contributed by atoms with van der Waals surface area (Å²) in [4.78, 5) is 12.4. The summed E-state index contributed by atoms with van der Waals surface area (Å²) in [6, 6.07) is 2.16. The maximum atomic E-state index is 12.4. The number of rotatable bonds is 4. The molecule has 0 aliphatic carbocycles. The number of nitrogens with zero attached hydrogens (tertiary/aromatic N) is 1. The molecule has 1 aromatic rings. The molecule has 0 saturated carbocycles. The smallest absolute Gasteiger partial charge is 0.267 e. The first-order valence-corrected chi connectivity index (χ1v) is 8.07. The minimum absolute atomic E-state index is 0.0177. The van der Waals surface area contributed by atoms with E-state index in [9.17, 15) is 4.79 Å². The lowest BCUT2D eigenvalue weighted by Gasteiger charge is -2.34. The second kappa shape index (κ2) is 6.31. The number of hydrogen-bond acceptors (Lipinski definition) is 2. The summed E-state index contributed by atoms with van der Waals surface area (Å²) in [6.07, 6.45) is 4.19. The van der Waals surface area contributed by atoms with E-state index < -0.39 is 0 Å². The molecule has 0 aromatic carbocycles. The molecule has 2 rings (SSSR count). The van der Waals surface area contributed by atoms with Gasteiger partial charge in [0.05, 0.1) is 0 Å². The molecule has 1 aliphatic heterocycles. The van der Waals surface area contributed by atoms with Gasteiger partial charge < -0.3 is 15.2 Å². The molecule has 4 nitrogen and oxygen atoms in total. The average molecular weight is 342 g/mol. The first-order valence-electron chi connectivity index (χ1n) is 7.28. The summed E-state index contributed by atoms with van der Waals surface area (Å²) < 4.78 is 2.95. The molecular weight excluding hydrogens is 318 g/mol. The lowest BCUT2D eigenvalue weighted by molar-refractivity contribution is 0.0911. The molecule has 1 aromatic heterocycles. The summed E-state index contributed by atoms with van der Waals surface area (Å²) >= 11 is 3.45. The summed E-state index contributed by atoms with van der Waals surface area (Å²) in [5.41, 5.74) is 0.942. The van der Waals surface area contributed by atoms with Crippen molar-refractivity contribution in [1.82, 2.24) is 15.2 Å². The van der Waals surface area contributed by atoms with Crippen molar-refractivity contribution >= 4 is 21.8 Å². The van der Waals surface area contributed by atoms with Crippen LogP contribution in [0.4, 0.5) is 0 Å². The van der Waals surface area contributed by atoms with Crippen molar-refractivity contribution < 1.29 is 4.79 Å². The van der Waals surface area contributed by atoms with Crippen LogP contribution >= 0.6 is 15.9 Å². The molecule has 1 aliphatic rings. The van der Waals surface area contributed by atoms with E-state index in [0.717, 1.165) is 42.6 Å². The maximum absolute atomic E-state index is 12.4. The monoisotopic (exact) mass is 341 g/mol. The van der Waals surface area contributed by atoms with Gasteiger partial charge in [-0.05, 0) is 67.2 Å². The lowest BCUT2D eigenvalue weighted by atomic mass is 9.81. The number of aromatic nitrogens is 1. The number of halogens is 1. The Morgan fingerprint density at radius 1 is 1.50 bits per heavy atom. The predicted octanol–water partition coefficient (Wildman–Crippen LogP) is 2.95. The Hall–Kier alpha value is -0.810. The molecule has 2 N–H and O–H groups in total. The van der Waals surface area contributed by atoms with E-state index in [0.29, 0.717) is 0 Å². The van der Waals surface area contributed by atoms with Crippen LogP contribution in [0.25, 0.3) is 0 Å². The predicted molar refractivity (Wildman–Crippen MR) is 85.1 cm³/mol. The minimum atomic E-state index is 0.0177. The number of carbonyl (C=O) groups excluding carboxylic acids is 1. The Balaban J connectivity index is 2.01. The zero-order valence-electron chi connectivity index (χ0n) is 12.5. The Bertz CT molecular complexity index is 475. The van der Waals surface area contributed by atoms with Crippen LogP contribution in [0.1, 0.15) is 50.1 Å². The Morgan fingerprint density at radius 3 is 2.75 bits per heavy atom. The van der Waals surface area contributed by atoms with Gasteiger partial charge in [-0.15, -0.1) is 0 Å². The Kier molecular flexibility index (Phi) is 4.91. The van der Waals surface area contributed by atoms with Gasteiger partial charge in [-0.3, -0.25) is 4.79 Å². The molecule has 20 heavy (non-hydrogen) atoms. The normalized spacial score (nSPS) is 18.2. The van der Waals surface area contributed by atoms with Gasteiger partial charge in [-0.1, -0.05) is 6.92 Å². The van der Waals surface area contributed by atoms with E-state index in [1.165, 1.54) is 0 Å². The van der Waals surface area contributed by atoms with Gasteiger partial charge in [-0.2, -0.15) is 0 Å².